The average Bonchev–Trinajstić information content (AvgIpc) is 3.19. The van der Waals surface area contributed by atoms with Crippen molar-refractivity contribution in [3.8, 4) is 22.9 Å². The summed E-state index contributed by atoms with van der Waals surface area (Å²) in [5.74, 6) is 1.26. The Morgan fingerprint density at radius 1 is 1.07 bits per heavy atom. The fourth-order valence-corrected chi connectivity index (χ4v) is 2.38. The zero-order valence-electron chi connectivity index (χ0n) is 15.3. The van der Waals surface area contributed by atoms with Crippen molar-refractivity contribution < 1.29 is 27.4 Å². The molecule has 1 heterocycles. The van der Waals surface area contributed by atoms with Crippen LogP contribution in [0.3, 0.4) is 0 Å². The predicted octanol–water partition coefficient (Wildman–Crippen LogP) is 3.35. The number of nitrogens with one attached hydrogen (secondary N) is 2. The van der Waals surface area contributed by atoms with E-state index in [9.17, 15) is 18.0 Å². The van der Waals surface area contributed by atoms with Gasteiger partial charge in [0.05, 0.1) is 13.7 Å². The van der Waals surface area contributed by atoms with Crippen LogP contribution in [-0.4, -0.2) is 41.0 Å². The van der Waals surface area contributed by atoms with Crippen molar-refractivity contribution in [3.05, 3.63) is 59.9 Å². The molecule has 0 aliphatic carbocycles. The Balaban J connectivity index is 1.54. The fourth-order valence-electron chi connectivity index (χ4n) is 2.38. The second-order valence-electron chi connectivity index (χ2n) is 5.95. The molecule has 0 fully saturated rings. The number of methoxy groups -OCH3 is 1. The highest BCUT2D eigenvalue weighted by atomic mass is 19.4. The van der Waals surface area contributed by atoms with Crippen molar-refractivity contribution in [2.24, 2.45) is 0 Å². The molecule has 1 aromatic heterocycles. The van der Waals surface area contributed by atoms with Gasteiger partial charge >= 0.3 is 6.18 Å². The predicted molar refractivity (Wildman–Crippen MR) is 97.5 cm³/mol. The third-order valence-corrected chi connectivity index (χ3v) is 3.82. The summed E-state index contributed by atoms with van der Waals surface area (Å²) in [6.07, 6.45) is -4.42. The molecule has 0 atom stereocenters. The van der Waals surface area contributed by atoms with Gasteiger partial charge in [0, 0.05) is 11.1 Å². The third-order valence-electron chi connectivity index (χ3n) is 3.82. The zero-order valence-corrected chi connectivity index (χ0v) is 15.3. The first-order valence-corrected chi connectivity index (χ1v) is 8.47. The molecule has 152 valence electrons. The first-order valence-electron chi connectivity index (χ1n) is 8.47. The minimum absolute atomic E-state index is 0.0262. The molecular formula is C19H17F3N4O3. The minimum atomic E-state index is -4.42. The molecule has 0 aliphatic rings. The van der Waals surface area contributed by atoms with Crippen LogP contribution >= 0.6 is 0 Å². The van der Waals surface area contributed by atoms with Gasteiger partial charge < -0.3 is 14.8 Å². The van der Waals surface area contributed by atoms with Crippen LogP contribution in [0.15, 0.2) is 48.5 Å². The van der Waals surface area contributed by atoms with Crippen LogP contribution in [0.4, 0.5) is 13.2 Å². The van der Waals surface area contributed by atoms with E-state index in [0.29, 0.717) is 17.4 Å². The monoisotopic (exact) mass is 406 g/mol. The lowest BCUT2D eigenvalue weighted by atomic mass is 10.2. The van der Waals surface area contributed by atoms with Gasteiger partial charge in [-0.25, -0.2) is 4.98 Å². The number of benzene rings is 2. The number of rotatable bonds is 7. The molecule has 0 spiro atoms. The van der Waals surface area contributed by atoms with E-state index in [1.807, 2.05) is 12.1 Å². The Hall–Kier alpha value is -3.56. The SMILES string of the molecule is COc1ccc(-c2n[nH]c(CNC(=O)c3ccc(OCC(F)(F)F)cc3)n2)cc1. The summed E-state index contributed by atoms with van der Waals surface area (Å²) in [4.78, 5) is 16.5. The van der Waals surface area contributed by atoms with Crippen LogP contribution < -0.4 is 14.8 Å². The second kappa shape index (κ2) is 8.63. The number of aromatic nitrogens is 3. The molecular weight excluding hydrogens is 389 g/mol. The van der Waals surface area contributed by atoms with E-state index in [4.69, 9.17) is 4.74 Å². The van der Waals surface area contributed by atoms with Crippen molar-refractivity contribution in [3.63, 3.8) is 0 Å². The number of hydrogen-bond donors (Lipinski definition) is 2. The molecule has 1 amide bonds. The maximum Gasteiger partial charge on any atom is 0.422 e. The van der Waals surface area contributed by atoms with Crippen LogP contribution in [0.5, 0.6) is 11.5 Å². The number of carbonyl (C=O) groups excluding carboxylic acids is 1. The molecule has 2 aromatic carbocycles. The Kier molecular flexibility index (Phi) is 6.01. The standard InChI is InChI=1S/C19H17F3N4O3/c1-28-14-6-2-12(3-7-14)17-24-16(25-26-17)10-23-18(27)13-4-8-15(9-5-13)29-11-19(20,21)22/h2-9H,10-11H2,1H3,(H,23,27)(H,24,25,26). The molecule has 3 rings (SSSR count). The molecule has 0 bridgehead atoms. The molecule has 0 saturated carbocycles. The van der Waals surface area contributed by atoms with Gasteiger partial charge in [-0.1, -0.05) is 0 Å². The maximum absolute atomic E-state index is 12.2. The van der Waals surface area contributed by atoms with E-state index in [0.717, 1.165) is 5.56 Å². The van der Waals surface area contributed by atoms with E-state index in [1.54, 1.807) is 19.2 Å². The van der Waals surface area contributed by atoms with E-state index in [-0.39, 0.29) is 17.9 Å². The summed E-state index contributed by atoms with van der Waals surface area (Å²) in [6.45, 7) is -1.28. The van der Waals surface area contributed by atoms with Gasteiger partial charge in [0.25, 0.3) is 5.91 Å². The summed E-state index contributed by atoms with van der Waals surface area (Å²) >= 11 is 0. The van der Waals surface area contributed by atoms with Gasteiger partial charge in [-0.05, 0) is 48.5 Å². The summed E-state index contributed by atoms with van der Waals surface area (Å²) < 4.78 is 46.1. The van der Waals surface area contributed by atoms with Crippen LogP contribution in [0.1, 0.15) is 16.2 Å². The topological polar surface area (TPSA) is 89.1 Å². The Labute approximate surface area is 163 Å². The van der Waals surface area contributed by atoms with Crippen molar-refractivity contribution in [2.45, 2.75) is 12.7 Å². The number of hydrogen-bond acceptors (Lipinski definition) is 5. The molecule has 0 unspecified atom stereocenters. The van der Waals surface area contributed by atoms with Gasteiger partial charge in [-0.3, -0.25) is 9.89 Å². The number of nitrogens with zero attached hydrogens (tertiary/aromatic N) is 2. The first kappa shape index (κ1) is 20.2. The molecule has 29 heavy (non-hydrogen) atoms. The maximum atomic E-state index is 12.2. The van der Waals surface area contributed by atoms with E-state index < -0.39 is 18.7 Å². The number of halogens is 3. The minimum Gasteiger partial charge on any atom is -0.497 e. The number of amides is 1. The van der Waals surface area contributed by atoms with Crippen molar-refractivity contribution in [1.29, 1.82) is 0 Å². The summed E-state index contributed by atoms with van der Waals surface area (Å²) in [6, 6.07) is 12.6. The highest BCUT2D eigenvalue weighted by molar-refractivity contribution is 5.94. The van der Waals surface area contributed by atoms with Gasteiger partial charge in [0.1, 0.15) is 17.3 Å². The van der Waals surface area contributed by atoms with E-state index >= 15 is 0 Å². The van der Waals surface area contributed by atoms with Gasteiger partial charge in [0.15, 0.2) is 12.4 Å². The fraction of sp³-hybridized carbons (Fsp3) is 0.211. The number of aromatic amines is 1. The number of carbonyl (C=O) groups is 1. The van der Waals surface area contributed by atoms with E-state index in [2.05, 4.69) is 25.2 Å². The molecule has 0 radical (unpaired) electrons. The van der Waals surface area contributed by atoms with Crippen molar-refractivity contribution in [1.82, 2.24) is 20.5 Å². The van der Waals surface area contributed by atoms with Gasteiger partial charge in [-0.15, -0.1) is 0 Å². The lowest BCUT2D eigenvalue weighted by Crippen LogP contribution is -2.23. The van der Waals surface area contributed by atoms with Crippen LogP contribution in [0.2, 0.25) is 0 Å². The van der Waals surface area contributed by atoms with Crippen molar-refractivity contribution in [2.75, 3.05) is 13.7 Å². The number of ether oxygens (including phenoxy) is 2. The third kappa shape index (κ3) is 5.71. The van der Waals surface area contributed by atoms with Crippen LogP contribution in [0, 0.1) is 0 Å². The molecule has 10 heteroatoms. The average molecular weight is 406 g/mol. The Bertz CT molecular complexity index is 954. The Morgan fingerprint density at radius 3 is 2.34 bits per heavy atom. The lowest BCUT2D eigenvalue weighted by Gasteiger charge is -2.09. The molecule has 7 nitrogen and oxygen atoms in total. The quantitative estimate of drug-likeness (QED) is 0.628. The van der Waals surface area contributed by atoms with Crippen LogP contribution in [0.25, 0.3) is 11.4 Å². The molecule has 0 saturated heterocycles. The lowest BCUT2D eigenvalue weighted by molar-refractivity contribution is -0.153. The normalized spacial score (nSPS) is 11.2. The molecule has 0 aliphatic heterocycles. The zero-order chi connectivity index (χ0) is 20.9. The van der Waals surface area contributed by atoms with Gasteiger partial charge in [-0.2, -0.15) is 18.3 Å². The number of alkyl halides is 3. The highest BCUT2D eigenvalue weighted by Crippen LogP contribution is 2.20. The number of H-pyrrole nitrogens is 1. The highest BCUT2D eigenvalue weighted by Gasteiger charge is 2.28. The molecule has 2 N–H and O–H groups in total. The van der Waals surface area contributed by atoms with Crippen LogP contribution in [-0.2, 0) is 6.54 Å². The Morgan fingerprint density at radius 2 is 1.72 bits per heavy atom. The van der Waals surface area contributed by atoms with Gasteiger partial charge in [0.2, 0.25) is 0 Å². The first-order chi connectivity index (χ1) is 13.8. The smallest absolute Gasteiger partial charge is 0.422 e. The summed E-state index contributed by atoms with van der Waals surface area (Å²) in [5.41, 5.74) is 1.06. The molecule has 3 aromatic rings. The van der Waals surface area contributed by atoms with Crippen molar-refractivity contribution >= 4 is 5.91 Å². The second-order valence-corrected chi connectivity index (χ2v) is 5.95. The van der Waals surface area contributed by atoms with E-state index in [1.165, 1.54) is 24.3 Å². The summed E-state index contributed by atoms with van der Waals surface area (Å²) in [7, 11) is 1.58. The largest absolute Gasteiger partial charge is 0.497 e. The summed E-state index contributed by atoms with van der Waals surface area (Å²) in [5, 5.41) is 9.51.